The lowest BCUT2D eigenvalue weighted by Gasteiger charge is -2.10. The normalized spacial score (nSPS) is 13.9. The number of carbonyl (C=O) groups is 1. The molecule has 1 fully saturated rings. The molecule has 0 bridgehead atoms. The molecular formula is C17H27IN4O. The van der Waals surface area contributed by atoms with Gasteiger partial charge in [0.05, 0.1) is 6.54 Å². The summed E-state index contributed by atoms with van der Waals surface area (Å²) in [5, 5.41) is 9.53. The van der Waals surface area contributed by atoms with Gasteiger partial charge in [-0.25, -0.2) is 4.99 Å². The third kappa shape index (κ3) is 7.20. The van der Waals surface area contributed by atoms with Crippen molar-refractivity contribution < 1.29 is 4.79 Å². The van der Waals surface area contributed by atoms with E-state index in [-0.39, 0.29) is 29.9 Å². The maximum absolute atomic E-state index is 12.0. The van der Waals surface area contributed by atoms with E-state index in [0.29, 0.717) is 24.7 Å². The van der Waals surface area contributed by atoms with Crippen molar-refractivity contribution in [1.82, 2.24) is 16.0 Å². The van der Waals surface area contributed by atoms with Gasteiger partial charge in [0.15, 0.2) is 5.96 Å². The van der Waals surface area contributed by atoms with Crippen LogP contribution in [0.1, 0.15) is 49.0 Å². The van der Waals surface area contributed by atoms with Crippen LogP contribution in [0.3, 0.4) is 0 Å². The molecule has 23 heavy (non-hydrogen) atoms. The monoisotopic (exact) mass is 430 g/mol. The van der Waals surface area contributed by atoms with Gasteiger partial charge in [0.2, 0.25) is 0 Å². The van der Waals surface area contributed by atoms with Crippen LogP contribution in [0, 0.1) is 0 Å². The zero-order valence-corrected chi connectivity index (χ0v) is 16.2. The number of benzene rings is 1. The van der Waals surface area contributed by atoms with E-state index >= 15 is 0 Å². The summed E-state index contributed by atoms with van der Waals surface area (Å²) in [4.78, 5) is 16.6. The Morgan fingerprint density at radius 3 is 2.70 bits per heavy atom. The Labute approximate surface area is 155 Å². The van der Waals surface area contributed by atoms with Crippen LogP contribution < -0.4 is 16.0 Å². The van der Waals surface area contributed by atoms with Crippen molar-refractivity contribution in [2.45, 2.75) is 45.7 Å². The average molecular weight is 430 g/mol. The van der Waals surface area contributed by atoms with E-state index in [1.807, 2.05) is 31.2 Å². The highest BCUT2D eigenvalue weighted by Crippen LogP contribution is 2.18. The summed E-state index contributed by atoms with van der Waals surface area (Å²) in [7, 11) is 0. The van der Waals surface area contributed by atoms with Gasteiger partial charge in [-0.15, -0.1) is 24.0 Å². The highest BCUT2D eigenvalue weighted by molar-refractivity contribution is 14.0. The zero-order chi connectivity index (χ0) is 15.8. The lowest BCUT2D eigenvalue weighted by molar-refractivity contribution is 0.0953. The molecular weight excluding hydrogens is 403 g/mol. The van der Waals surface area contributed by atoms with Crippen molar-refractivity contribution in [3.63, 3.8) is 0 Å². The molecule has 0 unspecified atom stereocenters. The molecule has 5 nitrogen and oxygen atoms in total. The molecule has 0 saturated heterocycles. The smallest absolute Gasteiger partial charge is 0.251 e. The largest absolute Gasteiger partial charge is 0.357 e. The topological polar surface area (TPSA) is 65.5 Å². The number of hydrogen-bond donors (Lipinski definition) is 3. The van der Waals surface area contributed by atoms with Gasteiger partial charge in [0.1, 0.15) is 0 Å². The number of nitrogens with zero attached hydrogens (tertiary/aromatic N) is 1. The maximum atomic E-state index is 12.0. The van der Waals surface area contributed by atoms with Gasteiger partial charge in [-0.1, -0.05) is 19.1 Å². The van der Waals surface area contributed by atoms with Crippen LogP contribution in [-0.2, 0) is 6.54 Å². The van der Waals surface area contributed by atoms with E-state index in [1.54, 1.807) is 0 Å². The summed E-state index contributed by atoms with van der Waals surface area (Å²) in [6.07, 6.45) is 3.38. The lowest BCUT2D eigenvalue weighted by Crippen LogP contribution is -2.38. The number of halogens is 1. The molecule has 0 spiro atoms. The molecule has 0 aliphatic heterocycles. The first-order valence-corrected chi connectivity index (χ1v) is 8.15. The molecule has 1 aliphatic rings. The molecule has 0 heterocycles. The second kappa shape index (κ2) is 10.5. The first-order chi connectivity index (χ1) is 10.7. The highest BCUT2D eigenvalue weighted by atomic mass is 127. The van der Waals surface area contributed by atoms with Crippen LogP contribution in [-0.4, -0.2) is 31.0 Å². The number of rotatable bonds is 7. The molecule has 3 N–H and O–H groups in total. The molecule has 6 heteroatoms. The maximum Gasteiger partial charge on any atom is 0.251 e. The van der Waals surface area contributed by atoms with E-state index in [0.717, 1.165) is 24.5 Å². The molecule has 128 valence electrons. The van der Waals surface area contributed by atoms with E-state index in [1.165, 1.54) is 12.8 Å². The molecule has 0 aromatic heterocycles. The Kier molecular flexibility index (Phi) is 8.98. The standard InChI is InChI=1S/C17H26N4O.HI/c1-3-10-19-16(22)14-7-5-6-13(11-14)12-20-17(18-4-2)21-15-8-9-15;/h5-7,11,15H,3-4,8-10,12H2,1-2H3,(H,19,22)(H2,18,20,21);1H. The number of nitrogens with one attached hydrogen (secondary N) is 3. The van der Waals surface area contributed by atoms with Crippen LogP contribution in [0.5, 0.6) is 0 Å². The fraction of sp³-hybridized carbons (Fsp3) is 0.529. The Morgan fingerprint density at radius 1 is 1.26 bits per heavy atom. The second-order valence-electron chi connectivity index (χ2n) is 5.57. The molecule has 1 amide bonds. The molecule has 2 rings (SSSR count). The predicted molar refractivity (Wildman–Crippen MR) is 105 cm³/mol. The fourth-order valence-corrected chi connectivity index (χ4v) is 2.06. The minimum Gasteiger partial charge on any atom is -0.357 e. The molecule has 1 saturated carbocycles. The predicted octanol–water partition coefficient (Wildman–Crippen LogP) is 2.66. The van der Waals surface area contributed by atoms with Gasteiger partial charge in [-0.2, -0.15) is 0 Å². The Hall–Kier alpha value is -1.31. The summed E-state index contributed by atoms with van der Waals surface area (Å²) in [6, 6.07) is 8.23. The van der Waals surface area contributed by atoms with Crippen molar-refractivity contribution >= 4 is 35.8 Å². The van der Waals surface area contributed by atoms with Crippen molar-refractivity contribution in [2.75, 3.05) is 13.1 Å². The van der Waals surface area contributed by atoms with Gasteiger partial charge in [-0.05, 0) is 43.9 Å². The van der Waals surface area contributed by atoms with Crippen LogP contribution in [0.15, 0.2) is 29.3 Å². The number of carbonyl (C=O) groups excluding carboxylic acids is 1. The summed E-state index contributed by atoms with van der Waals surface area (Å²) in [6.45, 7) is 6.22. The minimum atomic E-state index is -0.0179. The van der Waals surface area contributed by atoms with Gasteiger partial charge in [0, 0.05) is 24.7 Å². The molecule has 1 aromatic rings. The third-order valence-electron chi connectivity index (χ3n) is 3.41. The first kappa shape index (κ1) is 19.7. The van der Waals surface area contributed by atoms with Crippen LogP contribution in [0.4, 0.5) is 0 Å². The Bertz CT molecular complexity index is 529. The van der Waals surface area contributed by atoms with Crippen molar-refractivity contribution in [3.05, 3.63) is 35.4 Å². The molecule has 0 atom stereocenters. The van der Waals surface area contributed by atoms with Crippen LogP contribution >= 0.6 is 24.0 Å². The van der Waals surface area contributed by atoms with Gasteiger partial charge in [0.25, 0.3) is 5.91 Å². The Morgan fingerprint density at radius 2 is 2.04 bits per heavy atom. The number of aliphatic imine (C=N–C) groups is 1. The molecule has 0 radical (unpaired) electrons. The first-order valence-electron chi connectivity index (χ1n) is 8.15. The van der Waals surface area contributed by atoms with E-state index in [4.69, 9.17) is 0 Å². The van der Waals surface area contributed by atoms with Gasteiger partial charge < -0.3 is 16.0 Å². The molecule has 1 aliphatic carbocycles. The lowest BCUT2D eigenvalue weighted by atomic mass is 10.1. The fourth-order valence-electron chi connectivity index (χ4n) is 2.06. The summed E-state index contributed by atoms with van der Waals surface area (Å²) < 4.78 is 0. The zero-order valence-electron chi connectivity index (χ0n) is 13.9. The highest BCUT2D eigenvalue weighted by Gasteiger charge is 2.22. The quantitative estimate of drug-likeness (QED) is 0.354. The SMILES string of the molecule is CCCNC(=O)c1cccc(CN=C(NCC)NC2CC2)c1.I. The van der Waals surface area contributed by atoms with E-state index in [9.17, 15) is 4.79 Å². The summed E-state index contributed by atoms with van der Waals surface area (Å²) >= 11 is 0. The van der Waals surface area contributed by atoms with Crippen LogP contribution in [0.2, 0.25) is 0 Å². The Balaban J connectivity index is 0.00000264. The summed E-state index contributed by atoms with van der Waals surface area (Å²) in [5.41, 5.74) is 1.73. The van der Waals surface area contributed by atoms with Crippen molar-refractivity contribution in [3.8, 4) is 0 Å². The second-order valence-corrected chi connectivity index (χ2v) is 5.57. The van der Waals surface area contributed by atoms with Crippen molar-refractivity contribution in [2.24, 2.45) is 4.99 Å². The van der Waals surface area contributed by atoms with Crippen molar-refractivity contribution in [1.29, 1.82) is 0 Å². The van der Waals surface area contributed by atoms with Gasteiger partial charge >= 0.3 is 0 Å². The van der Waals surface area contributed by atoms with E-state index in [2.05, 4.69) is 27.9 Å². The minimum absolute atomic E-state index is 0. The van der Waals surface area contributed by atoms with Crippen LogP contribution in [0.25, 0.3) is 0 Å². The summed E-state index contributed by atoms with van der Waals surface area (Å²) in [5.74, 6) is 0.835. The van der Waals surface area contributed by atoms with Gasteiger partial charge in [-0.3, -0.25) is 4.79 Å². The average Bonchev–Trinajstić information content (AvgIpc) is 3.35. The third-order valence-corrected chi connectivity index (χ3v) is 3.41. The number of amides is 1. The number of hydrogen-bond acceptors (Lipinski definition) is 2. The molecule has 1 aromatic carbocycles. The van der Waals surface area contributed by atoms with E-state index < -0.39 is 0 Å². The number of guanidine groups is 1.